The van der Waals surface area contributed by atoms with Crippen LogP contribution in [-0.2, 0) is 17.7 Å². The molecule has 17 heavy (non-hydrogen) atoms. The standard InChI is InChI=1S/C13H21BrN2O/c1-2-3-12-15-6-7-16(12)11-13(10-14)4-8-17-9-5-13/h6-7H,2-5,8-11H2,1H3. The van der Waals surface area contributed by atoms with Gasteiger partial charge in [-0.25, -0.2) is 4.98 Å². The maximum atomic E-state index is 5.48. The molecule has 2 heterocycles. The van der Waals surface area contributed by atoms with Crippen molar-refractivity contribution in [2.45, 2.75) is 39.2 Å². The monoisotopic (exact) mass is 300 g/mol. The van der Waals surface area contributed by atoms with E-state index in [1.54, 1.807) is 0 Å². The van der Waals surface area contributed by atoms with Crippen molar-refractivity contribution in [1.29, 1.82) is 0 Å². The lowest BCUT2D eigenvalue weighted by atomic mass is 9.82. The lowest BCUT2D eigenvalue weighted by Gasteiger charge is -2.36. The molecule has 1 fully saturated rings. The van der Waals surface area contributed by atoms with E-state index in [1.165, 1.54) is 5.82 Å². The van der Waals surface area contributed by atoms with Crippen LogP contribution in [0.1, 0.15) is 32.0 Å². The Hall–Kier alpha value is -0.350. The molecule has 0 aromatic carbocycles. The average Bonchev–Trinajstić information content (AvgIpc) is 2.78. The molecule has 1 saturated heterocycles. The summed E-state index contributed by atoms with van der Waals surface area (Å²) in [5.41, 5.74) is 0.349. The van der Waals surface area contributed by atoms with Gasteiger partial charge in [0, 0.05) is 49.3 Å². The van der Waals surface area contributed by atoms with Crippen LogP contribution in [0.15, 0.2) is 12.4 Å². The maximum absolute atomic E-state index is 5.48. The smallest absolute Gasteiger partial charge is 0.108 e. The summed E-state index contributed by atoms with van der Waals surface area (Å²) in [6, 6.07) is 0. The van der Waals surface area contributed by atoms with Crippen LogP contribution >= 0.6 is 15.9 Å². The Morgan fingerprint density at radius 1 is 1.47 bits per heavy atom. The van der Waals surface area contributed by atoms with Gasteiger partial charge in [0.15, 0.2) is 0 Å². The SMILES string of the molecule is CCCc1nccn1CC1(CBr)CCOCC1. The topological polar surface area (TPSA) is 27.1 Å². The molecule has 0 spiro atoms. The highest BCUT2D eigenvalue weighted by Crippen LogP contribution is 2.34. The molecule has 4 heteroatoms. The van der Waals surface area contributed by atoms with Gasteiger partial charge in [0.2, 0.25) is 0 Å². The van der Waals surface area contributed by atoms with Crippen LogP contribution in [0.2, 0.25) is 0 Å². The minimum absolute atomic E-state index is 0.349. The minimum Gasteiger partial charge on any atom is -0.381 e. The summed E-state index contributed by atoms with van der Waals surface area (Å²) in [6.45, 7) is 5.05. The zero-order chi connectivity index (χ0) is 12.1. The average molecular weight is 301 g/mol. The number of imidazole rings is 1. The van der Waals surface area contributed by atoms with Gasteiger partial charge < -0.3 is 9.30 Å². The lowest BCUT2D eigenvalue weighted by Crippen LogP contribution is -2.35. The second-order valence-electron chi connectivity index (χ2n) is 4.97. The predicted molar refractivity (Wildman–Crippen MR) is 72.5 cm³/mol. The zero-order valence-corrected chi connectivity index (χ0v) is 12.1. The summed E-state index contributed by atoms with van der Waals surface area (Å²) in [5, 5.41) is 1.05. The van der Waals surface area contributed by atoms with Gasteiger partial charge in [0.1, 0.15) is 5.82 Å². The minimum atomic E-state index is 0.349. The molecule has 0 amide bonds. The summed E-state index contributed by atoms with van der Waals surface area (Å²) in [6.07, 6.45) is 8.55. The molecule has 0 radical (unpaired) electrons. The third-order valence-electron chi connectivity index (χ3n) is 3.62. The molecular formula is C13H21BrN2O. The van der Waals surface area contributed by atoms with Gasteiger partial charge in [-0.05, 0) is 19.3 Å². The Morgan fingerprint density at radius 2 is 2.24 bits per heavy atom. The summed E-state index contributed by atoms with van der Waals surface area (Å²) in [4.78, 5) is 4.45. The van der Waals surface area contributed by atoms with Gasteiger partial charge in [-0.15, -0.1) is 0 Å². The Bertz CT molecular complexity index is 345. The Labute approximate surface area is 112 Å². The van der Waals surface area contributed by atoms with E-state index in [0.29, 0.717) is 5.41 Å². The van der Waals surface area contributed by atoms with Crippen LogP contribution in [0.25, 0.3) is 0 Å². The normalized spacial score (nSPS) is 19.4. The summed E-state index contributed by atoms with van der Waals surface area (Å²) >= 11 is 3.69. The first-order chi connectivity index (χ1) is 8.29. The van der Waals surface area contributed by atoms with Gasteiger partial charge in [-0.1, -0.05) is 22.9 Å². The molecule has 0 unspecified atom stereocenters. The maximum Gasteiger partial charge on any atom is 0.108 e. The number of ether oxygens (including phenoxy) is 1. The van der Waals surface area contributed by atoms with Crippen molar-refractivity contribution in [3.8, 4) is 0 Å². The second-order valence-corrected chi connectivity index (χ2v) is 5.53. The molecule has 96 valence electrons. The highest BCUT2D eigenvalue weighted by atomic mass is 79.9. The fraction of sp³-hybridized carbons (Fsp3) is 0.769. The number of hydrogen-bond donors (Lipinski definition) is 0. The van der Waals surface area contributed by atoms with Crippen molar-refractivity contribution in [3.05, 3.63) is 18.2 Å². The zero-order valence-electron chi connectivity index (χ0n) is 10.5. The predicted octanol–water partition coefficient (Wildman–Crippen LogP) is 3.03. The largest absolute Gasteiger partial charge is 0.381 e. The van der Waals surface area contributed by atoms with Crippen LogP contribution < -0.4 is 0 Å². The molecule has 0 saturated carbocycles. The van der Waals surface area contributed by atoms with Gasteiger partial charge in [-0.2, -0.15) is 0 Å². The van der Waals surface area contributed by atoms with Gasteiger partial charge in [0.05, 0.1) is 0 Å². The van der Waals surface area contributed by atoms with E-state index in [9.17, 15) is 0 Å². The van der Waals surface area contributed by atoms with Gasteiger partial charge in [0.25, 0.3) is 0 Å². The number of halogens is 1. The molecule has 0 N–H and O–H groups in total. The molecule has 1 aliphatic heterocycles. The molecule has 0 aliphatic carbocycles. The van der Waals surface area contributed by atoms with E-state index in [-0.39, 0.29) is 0 Å². The number of hydrogen-bond acceptors (Lipinski definition) is 2. The van der Waals surface area contributed by atoms with E-state index >= 15 is 0 Å². The van der Waals surface area contributed by atoms with E-state index in [1.807, 2.05) is 6.20 Å². The highest BCUT2D eigenvalue weighted by Gasteiger charge is 2.32. The van der Waals surface area contributed by atoms with E-state index in [4.69, 9.17) is 4.74 Å². The third kappa shape index (κ3) is 3.10. The molecule has 2 rings (SSSR count). The third-order valence-corrected chi connectivity index (χ3v) is 4.81. The number of alkyl halides is 1. The lowest BCUT2D eigenvalue weighted by molar-refractivity contribution is 0.0182. The van der Waals surface area contributed by atoms with Crippen molar-refractivity contribution in [1.82, 2.24) is 9.55 Å². The van der Waals surface area contributed by atoms with Crippen LogP contribution in [0.5, 0.6) is 0 Å². The summed E-state index contributed by atoms with van der Waals surface area (Å²) in [7, 11) is 0. The molecule has 1 aromatic heterocycles. The summed E-state index contributed by atoms with van der Waals surface area (Å²) in [5.74, 6) is 1.22. The summed E-state index contributed by atoms with van der Waals surface area (Å²) < 4.78 is 7.81. The Balaban J connectivity index is 2.09. The fourth-order valence-electron chi connectivity index (χ4n) is 2.44. The molecular weight excluding hydrogens is 280 g/mol. The van der Waals surface area contributed by atoms with Crippen molar-refractivity contribution in [2.75, 3.05) is 18.5 Å². The van der Waals surface area contributed by atoms with E-state index in [2.05, 4.69) is 38.6 Å². The van der Waals surface area contributed by atoms with Crippen molar-refractivity contribution >= 4 is 15.9 Å². The Morgan fingerprint density at radius 3 is 2.88 bits per heavy atom. The molecule has 1 aliphatic rings. The number of nitrogens with zero attached hydrogens (tertiary/aromatic N) is 2. The quantitative estimate of drug-likeness (QED) is 0.782. The fourth-order valence-corrected chi connectivity index (χ4v) is 3.17. The molecule has 0 bridgehead atoms. The van der Waals surface area contributed by atoms with Crippen LogP contribution in [-0.4, -0.2) is 28.1 Å². The molecule has 0 atom stereocenters. The first-order valence-corrected chi connectivity index (χ1v) is 7.55. The van der Waals surface area contributed by atoms with Crippen LogP contribution in [0.4, 0.5) is 0 Å². The van der Waals surface area contributed by atoms with Gasteiger partial charge >= 0.3 is 0 Å². The van der Waals surface area contributed by atoms with E-state index < -0.39 is 0 Å². The van der Waals surface area contributed by atoms with Crippen molar-refractivity contribution in [3.63, 3.8) is 0 Å². The number of rotatable bonds is 5. The number of aryl methyl sites for hydroxylation is 1. The highest BCUT2D eigenvalue weighted by molar-refractivity contribution is 9.09. The van der Waals surface area contributed by atoms with Crippen molar-refractivity contribution in [2.24, 2.45) is 5.41 Å². The second kappa shape index (κ2) is 6.01. The molecule has 1 aromatic rings. The molecule has 3 nitrogen and oxygen atoms in total. The van der Waals surface area contributed by atoms with Crippen LogP contribution in [0.3, 0.4) is 0 Å². The first kappa shape index (κ1) is 13.1. The van der Waals surface area contributed by atoms with Crippen molar-refractivity contribution < 1.29 is 4.74 Å². The Kier molecular flexibility index (Phi) is 4.62. The van der Waals surface area contributed by atoms with Gasteiger partial charge in [-0.3, -0.25) is 0 Å². The number of aromatic nitrogens is 2. The van der Waals surface area contributed by atoms with E-state index in [0.717, 1.165) is 50.8 Å². The van der Waals surface area contributed by atoms with Crippen LogP contribution in [0, 0.1) is 5.41 Å². The first-order valence-electron chi connectivity index (χ1n) is 6.43.